The topological polar surface area (TPSA) is 61.4 Å². The third-order valence-electron chi connectivity index (χ3n) is 3.46. The molecule has 0 aliphatic carbocycles. The first-order valence-corrected chi connectivity index (χ1v) is 7.49. The minimum atomic E-state index is -0.302. The summed E-state index contributed by atoms with van der Waals surface area (Å²) in [5.74, 6) is -0.603. The molecule has 1 saturated heterocycles. The van der Waals surface area contributed by atoms with Gasteiger partial charge in [-0.15, -0.1) is 0 Å². The monoisotopic (exact) mass is 309 g/mol. The Morgan fingerprint density at radius 1 is 1.33 bits per heavy atom. The zero-order valence-electron chi connectivity index (χ0n) is 12.3. The highest BCUT2D eigenvalue weighted by atomic mass is 35.5. The molecule has 1 heterocycles. The highest BCUT2D eigenvalue weighted by molar-refractivity contribution is 6.33. The van der Waals surface area contributed by atoms with E-state index in [-0.39, 0.29) is 30.9 Å². The van der Waals surface area contributed by atoms with E-state index in [4.69, 9.17) is 11.6 Å². The molecule has 1 aromatic carbocycles. The first-order chi connectivity index (χ1) is 10.0. The highest BCUT2D eigenvalue weighted by Crippen LogP contribution is 2.29. The van der Waals surface area contributed by atoms with E-state index in [1.54, 1.807) is 4.90 Å². The van der Waals surface area contributed by atoms with Gasteiger partial charge in [0.15, 0.2) is 0 Å². The van der Waals surface area contributed by atoms with E-state index in [1.165, 1.54) is 0 Å². The molecule has 21 heavy (non-hydrogen) atoms. The minimum absolute atomic E-state index is 0.147. The maximum Gasteiger partial charge on any atom is 0.246 e. The van der Waals surface area contributed by atoms with Crippen molar-refractivity contribution in [3.05, 3.63) is 28.8 Å². The van der Waals surface area contributed by atoms with Crippen molar-refractivity contribution >= 4 is 29.1 Å². The number of hydrogen-bond acceptors (Lipinski definition) is 4. The van der Waals surface area contributed by atoms with Gasteiger partial charge in [0.1, 0.15) is 0 Å². The third kappa shape index (κ3) is 3.95. The molecule has 1 aromatic rings. The molecule has 1 fully saturated rings. The smallest absolute Gasteiger partial charge is 0.246 e. The minimum Gasteiger partial charge on any atom is -0.352 e. The van der Waals surface area contributed by atoms with Crippen LogP contribution in [-0.2, 0) is 9.59 Å². The maximum absolute atomic E-state index is 11.4. The average Bonchev–Trinajstić information content (AvgIpc) is 2.43. The van der Waals surface area contributed by atoms with Crippen LogP contribution in [0.4, 0.5) is 5.69 Å². The van der Waals surface area contributed by atoms with Crippen LogP contribution in [0.2, 0.25) is 5.02 Å². The maximum atomic E-state index is 11.4. The number of amides is 2. The molecule has 1 atom stereocenters. The number of piperazine rings is 1. The molecule has 2 N–H and O–H groups in total. The summed E-state index contributed by atoms with van der Waals surface area (Å²) in [6.45, 7) is 5.44. The SMILES string of the molecule is CCCNC(C)c1ccc(N2CC(=O)NC(=O)C2)c(Cl)c1. The third-order valence-corrected chi connectivity index (χ3v) is 3.76. The predicted octanol–water partition coefficient (Wildman–Crippen LogP) is 1.86. The number of carbonyl (C=O) groups excluding carboxylic acids is 2. The molecule has 2 amide bonds. The lowest BCUT2D eigenvalue weighted by Crippen LogP contribution is -2.51. The molecule has 1 aliphatic heterocycles. The van der Waals surface area contributed by atoms with Gasteiger partial charge in [-0.25, -0.2) is 0 Å². The first kappa shape index (κ1) is 15.8. The molecular formula is C15H20ClN3O2. The van der Waals surface area contributed by atoms with Crippen LogP contribution in [0, 0.1) is 0 Å². The van der Waals surface area contributed by atoms with Gasteiger partial charge in [-0.05, 0) is 37.6 Å². The van der Waals surface area contributed by atoms with E-state index < -0.39 is 0 Å². The van der Waals surface area contributed by atoms with Crippen LogP contribution in [0.15, 0.2) is 18.2 Å². The van der Waals surface area contributed by atoms with Crippen LogP contribution >= 0.6 is 11.6 Å². The summed E-state index contributed by atoms with van der Waals surface area (Å²) in [6.07, 6.45) is 1.07. The van der Waals surface area contributed by atoms with Crippen LogP contribution in [0.5, 0.6) is 0 Å². The number of halogens is 1. The first-order valence-electron chi connectivity index (χ1n) is 7.11. The fourth-order valence-corrected chi connectivity index (χ4v) is 2.64. The highest BCUT2D eigenvalue weighted by Gasteiger charge is 2.24. The summed E-state index contributed by atoms with van der Waals surface area (Å²) >= 11 is 6.32. The Bertz CT molecular complexity index is 532. The molecule has 0 aromatic heterocycles. The number of benzene rings is 1. The lowest BCUT2D eigenvalue weighted by molar-refractivity contribution is -0.130. The Morgan fingerprint density at radius 3 is 2.57 bits per heavy atom. The van der Waals surface area contributed by atoms with Gasteiger partial charge in [0.25, 0.3) is 0 Å². The van der Waals surface area contributed by atoms with Crippen molar-refractivity contribution in [1.29, 1.82) is 0 Å². The van der Waals surface area contributed by atoms with E-state index in [1.807, 2.05) is 18.2 Å². The van der Waals surface area contributed by atoms with E-state index >= 15 is 0 Å². The van der Waals surface area contributed by atoms with Gasteiger partial charge >= 0.3 is 0 Å². The van der Waals surface area contributed by atoms with Crippen LogP contribution in [0.1, 0.15) is 31.9 Å². The molecular weight excluding hydrogens is 290 g/mol. The van der Waals surface area contributed by atoms with Gasteiger partial charge in [-0.2, -0.15) is 0 Å². The van der Waals surface area contributed by atoms with Gasteiger partial charge < -0.3 is 10.2 Å². The second kappa shape index (κ2) is 6.91. The molecule has 1 unspecified atom stereocenters. The summed E-state index contributed by atoms with van der Waals surface area (Å²) in [4.78, 5) is 24.6. The summed E-state index contributed by atoms with van der Waals surface area (Å²) < 4.78 is 0. The van der Waals surface area contributed by atoms with E-state index in [2.05, 4.69) is 24.5 Å². The van der Waals surface area contributed by atoms with Crippen molar-refractivity contribution in [3.63, 3.8) is 0 Å². The number of carbonyl (C=O) groups is 2. The van der Waals surface area contributed by atoms with Gasteiger partial charge in [-0.1, -0.05) is 24.6 Å². The summed E-state index contributed by atoms with van der Waals surface area (Å²) in [6, 6.07) is 5.95. The zero-order chi connectivity index (χ0) is 15.4. The second-order valence-electron chi connectivity index (χ2n) is 5.21. The van der Waals surface area contributed by atoms with Crippen molar-refractivity contribution < 1.29 is 9.59 Å². The summed E-state index contributed by atoms with van der Waals surface area (Å²) in [5, 5.41) is 6.23. The molecule has 6 heteroatoms. The molecule has 114 valence electrons. The van der Waals surface area contributed by atoms with Gasteiger partial charge in [-0.3, -0.25) is 14.9 Å². The molecule has 0 radical (unpaired) electrons. The van der Waals surface area contributed by atoms with Gasteiger partial charge in [0.2, 0.25) is 11.8 Å². The van der Waals surface area contributed by atoms with Gasteiger partial charge in [0.05, 0.1) is 23.8 Å². The summed E-state index contributed by atoms with van der Waals surface area (Å²) in [5.41, 5.74) is 1.80. The van der Waals surface area contributed by atoms with Crippen molar-refractivity contribution in [2.45, 2.75) is 26.3 Å². The lowest BCUT2D eigenvalue weighted by Gasteiger charge is -2.28. The Hall–Kier alpha value is -1.59. The number of nitrogens with one attached hydrogen (secondary N) is 2. The number of imide groups is 1. The van der Waals surface area contributed by atoms with Crippen molar-refractivity contribution in [2.75, 3.05) is 24.5 Å². The molecule has 5 nitrogen and oxygen atoms in total. The van der Waals surface area contributed by atoms with Crippen LogP contribution < -0.4 is 15.5 Å². The Morgan fingerprint density at radius 2 is 2.00 bits per heavy atom. The molecule has 0 spiro atoms. The van der Waals surface area contributed by atoms with Gasteiger partial charge in [0, 0.05) is 6.04 Å². The second-order valence-corrected chi connectivity index (χ2v) is 5.62. The number of rotatable bonds is 5. The zero-order valence-corrected chi connectivity index (χ0v) is 13.0. The fourth-order valence-electron chi connectivity index (χ4n) is 2.34. The number of nitrogens with zero attached hydrogens (tertiary/aromatic N) is 1. The van der Waals surface area contributed by atoms with Crippen molar-refractivity contribution in [2.24, 2.45) is 0 Å². The van der Waals surface area contributed by atoms with Crippen LogP contribution in [0.3, 0.4) is 0 Å². The predicted molar refractivity (Wildman–Crippen MR) is 83.5 cm³/mol. The normalized spacial score (nSPS) is 16.8. The van der Waals surface area contributed by atoms with Crippen molar-refractivity contribution in [3.8, 4) is 0 Å². The number of hydrogen-bond donors (Lipinski definition) is 2. The molecule has 1 aliphatic rings. The summed E-state index contributed by atoms with van der Waals surface area (Å²) in [7, 11) is 0. The van der Waals surface area contributed by atoms with Crippen LogP contribution in [-0.4, -0.2) is 31.4 Å². The quantitative estimate of drug-likeness (QED) is 0.815. The lowest BCUT2D eigenvalue weighted by atomic mass is 10.1. The standard InChI is InChI=1S/C15H20ClN3O2/c1-3-6-17-10(2)11-4-5-13(12(16)7-11)19-8-14(20)18-15(21)9-19/h4-5,7,10,17H,3,6,8-9H2,1-2H3,(H,18,20,21). The molecule has 0 bridgehead atoms. The number of anilines is 1. The average molecular weight is 310 g/mol. The van der Waals surface area contributed by atoms with E-state index in [0.29, 0.717) is 10.7 Å². The molecule has 2 rings (SSSR count). The fraction of sp³-hybridized carbons (Fsp3) is 0.467. The Labute approximate surface area is 129 Å². The van der Waals surface area contributed by atoms with Crippen molar-refractivity contribution in [1.82, 2.24) is 10.6 Å². The Kier molecular flexibility index (Phi) is 5.20. The Balaban J connectivity index is 2.15. The van der Waals surface area contributed by atoms with E-state index in [0.717, 1.165) is 18.5 Å². The van der Waals surface area contributed by atoms with Crippen LogP contribution in [0.25, 0.3) is 0 Å². The largest absolute Gasteiger partial charge is 0.352 e. The van der Waals surface area contributed by atoms with E-state index in [9.17, 15) is 9.59 Å². The molecule has 0 saturated carbocycles.